The van der Waals surface area contributed by atoms with E-state index < -0.39 is 0 Å². The Morgan fingerprint density at radius 2 is 1.75 bits per heavy atom. The van der Waals surface area contributed by atoms with E-state index in [4.69, 9.17) is 0 Å². The molecule has 1 heterocycles. The third-order valence-electron chi connectivity index (χ3n) is 3.85. The highest BCUT2D eigenvalue weighted by Crippen LogP contribution is 2.30. The van der Waals surface area contributed by atoms with Gasteiger partial charge in [-0.05, 0) is 25.1 Å². The smallest absolute Gasteiger partial charge is 0.234 e. The van der Waals surface area contributed by atoms with Gasteiger partial charge in [0.05, 0.1) is 11.4 Å². The summed E-state index contributed by atoms with van der Waals surface area (Å²) in [7, 11) is 0. The third kappa shape index (κ3) is 5.68. The van der Waals surface area contributed by atoms with E-state index in [1.165, 1.54) is 11.8 Å². The number of carbonyl (C=O) groups is 2. The molecule has 0 aliphatic carbocycles. The number of thioether (sulfide) groups is 1. The minimum absolute atomic E-state index is 0.0737. The summed E-state index contributed by atoms with van der Waals surface area (Å²) in [5.41, 5.74) is 3.45. The fourth-order valence-electron chi connectivity index (χ4n) is 2.58. The average Bonchev–Trinajstić information content (AvgIpc) is 3.03. The number of rotatable bonds is 7. The minimum Gasteiger partial charge on any atom is -0.326 e. The molecule has 3 rings (SSSR count). The predicted molar refractivity (Wildman–Crippen MR) is 118 cm³/mol. The highest BCUT2D eigenvalue weighted by atomic mass is 32.2. The molecule has 0 bridgehead atoms. The molecule has 3 aromatic rings. The fourth-order valence-corrected chi connectivity index (χ4v) is 4.68. The number of carbonyl (C=O) groups excluding carboxylic acids is 2. The Labute approximate surface area is 172 Å². The topological polar surface area (TPSA) is 71.1 Å². The number of aromatic nitrogens is 1. The van der Waals surface area contributed by atoms with Crippen LogP contribution in [0.25, 0.3) is 10.6 Å². The molecule has 144 valence electrons. The Morgan fingerprint density at radius 3 is 2.46 bits per heavy atom. The van der Waals surface area contributed by atoms with Gasteiger partial charge in [0, 0.05) is 34.5 Å². The van der Waals surface area contributed by atoms with Gasteiger partial charge >= 0.3 is 0 Å². The van der Waals surface area contributed by atoms with Crippen LogP contribution in [0.3, 0.4) is 0 Å². The maximum absolute atomic E-state index is 12.2. The Bertz CT molecular complexity index is 971. The number of nitrogens with zero attached hydrogens (tertiary/aromatic N) is 1. The Kier molecular flexibility index (Phi) is 6.84. The van der Waals surface area contributed by atoms with Crippen molar-refractivity contribution in [2.24, 2.45) is 0 Å². The van der Waals surface area contributed by atoms with E-state index in [-0.39, 0.29) is 11.8 Å². The van der Waals surface area contributed by atoms with Crippen molar-refractivity contribution in [3.63, 3.8) is 0 Å². The molecule has 2 amide bonds. The number of thiazole rings is 1. The molecule has 1 aromatic heterocycles. The summed E-state index contributed by atoms with van der Waals surface area (Å²) < 4.78 is 0. The summed E-state index contributed by atoms with van der Waals surface area (Å²) in [5, 5.41) is 6.58. The molecule has 2 N–H and O–H groups in total. The zero-order chi connectivity index (χ0) is 19.9. The number of anilines is 2. The lowest BCUT2D eigenvalue weighted by molar-refractivity contribution is -0.114. The van der Waals surface area contributed by atoms with Crippen LogP contribution in [0, 0.1) is 6.92 Å². The van der Waals surface area contributed by atoms with E-state index in [9.17, 15) is 9.59 Å². The molecule has 0 saturated carbocycles. The summed E-state index contributed by atoms with van der Waals surface area (Å²) in [6.07, 6.45) is 0. The van der Waals surface area contributed by atoms with E-state index in [2.05, 4.69) is 27.8 Å². The second kappa shape index (κ2) is 9.52. The SMILES string of the molecule is CC(=O)Nc1cccc(NC(=O)CSCc2sc(-c3ccccc3)nc2C)c1. The summed E-state index contributed by atoms with van der Waals surface area (Å²) in [5.74, 6) is 0.877. The zero-order valence-corrected chi connectivity index (χ0v) is 17.3. The first-order valence-corrected chi connectivity index (χ1v) is 10.8. The Hall–Kier alpha value is -2.64. The van der Waals surface area contributed by atoms with E-state index in [1.807, 2.05) is 25.1 Å². The van der Waals surface area contributed by atoms with Crippen molar-refractivity contribution >= 4 is 46.3 Å². The van der Waals surface area contributed by atoms with Crippen LogP contribution in [0.15, 0.2) is 54.6 Å². The quantitative estimate of drug-likeness (QED) is 0.577. The fraction of sp³-hybridized carbons (Fsp3) is 0.190. The first-order chi connectivity index (χ1) is 13.5. The van der Waals surface area contributed by atoms with E-state index >= 15 is 0 Å². The number of benzene rings is 2. The standard InChI is InChI=1S/C21H21N3O2S2/c1-14-19(28-21(22-14)16-7-4-3-5-8-16)12-27-13-20(26)24-18-10-6-9-17(11-18)23-15(2)25/h3-11H,12-13H2,1-2H3,(H,23,25)(H,24,26). The van der Waals surface area contributed by atoms with Crippen molar-refractivity contribution in [2.45, 2.75) is 19.6 Å². The Balaban J connectivity index is 1.52. The number of hydrogen-bond acceptors (Lipinski definition) is 5. The average molecular weight is 412 g/mol. The first kappa shape index (κ1) is 20.1. The first-order valence-electron chi connectivity index (χ1n) is 8.78. The molecular formula is C21H21N3O2S2. The van der Waals surface area contributed by atoms with Crippen LogP contribution in [0.2, 0.25) is 0 Å². The molecule has 2 aromatic carbocycles. The van der Waals surface area contributed by atoms with Gasteiger partial charge in [-0.15, -0.1) is 23.1 Å². The van der Waals surface area contributed by atoms with Gasteiger partial charge in [-0.1, -0.05) is 36.4 Å². The largest absolute Gasteiger partial charge is 0.326 e. The molecule has 5 nitrogen and oxygen atoms in total. The number of hydrogen-bond donors (Lipinski definition) is 2. The number of aryl methyl sites for hydroxylation is 1. The van der Waals surface area contributed by atoms with Crippen LogP contribution < -0.4 is 10.6 Å². The number of amides is 2. The lowest BCUT2D eigenvalue weighted by Crippen LogP contribution is -2.14. The van der Waals surface area contributed by atoms with Gasteiger partial charge in [-0.25, -0.2) is 4.98 Å². The van der Waals surface area contributed by atoms with Crippen LogP contribution in [-0.4, -0.2) is 22.6 Å². The zero-order valence-electron chi connectivity index (χ0n) is 15.7. The van der Waals surface area contributed by atoms with Gasteiger partial charge in [-0.2, -0.15) is 0 Å². The summed E-state index contributed by atoms with van der Waals surface area (Å²) in [6.45, 7) is 3.46. The van der Waals surface area contributed by atoms with Gasteiger partial charge in [-0.3, -0.25) is 9.59 Å². The molecule has 28 heavy (non-hydrogen) atoms. The predicted octanol–water partition coefficient (Wildman–Crippen LogP) is 4.95. The summed E-state index contributed by atoms with van der Waals surface area (Å²) >= 11 is 3.23. The van der Waals surface area contributed by atoms with Gasteiger partial charge in [0.2, 0.25) is 11.8 Å². The van der Waals surface area contributed by atoms with E-state index in [0.717, 1.165) is 22.0 Å². The second-order valence-corrected chi connectivity index (χ2v) is 8.27. The van der Waals surface area contributed by atoms with Crippen LogP contribution in [0.1, 0.15) is 17.5 Å². The van der Waals surface area contributed by atoms with Gasteiger partial charge in [0.1, 0.15) is 5.01 Å². The normalized spacial score (nSPS) is 10.5. The van der Waals surface area contributed by atoms with Crippen LogP contribution in [-0.2, 0) is 15.3 Å². The highest BCUT2D eigenvalue weighted by molar-refractivity contribution is 7.99. The van der Waals surface area contributed by atoms with Gasteiger partial charge in [0.15, 0.2) is 0 Å². The molecular weight excluding hydrogens is 390 g/mol. The lowest BCUT2D eigenvalue weighted by atomic mass is 10.2. The minimum atomic E-state index is -0.145. The maximum Gasteiger partial charge on any atom is 0.234 e. The van der Waals surface area contributed by atoms with Crippen LogP contribution >= 0.6 is 23.1 Å². The van der Waals surface area contributed by atoms with Crippen molar-refractivity contribution in [1.82, 2.24) is 4.98 Å². The molecule has 0 atom stereocenters. The summed E-state index contributed by atoms with van der Waals surface area (Å²) in [6, 6.07) is 17.2. The third-order valence-corrected chi connectivity index (χ3v) is 6.19. The van der Waals surface area contributed by atoms with Crippen LogP contribution in [0.4, 0.5) is 11.4 Å². The molecule has 0 aliphatic rings. The van der Waals surface area contributed by atoms with Crippen molar-refractivity contribution in [3.05, 3.63) is 65.2 Å². The molecule has 7 heteroatoms. The highest BCUT2D eigenvalue weighted by Gasteiger charge is 2.11. The van der Waals surface area contributed by atoms with Crippen molar-refractivity contribution in [1.29, 1.82) is 0 Å². The molecule has 0 saturated heterocycles. The van der Waals surface area contributed by atoms with Crippen molar-refractivity contribution in [3.8, 4) is 10.6 Å². The molecule has 0 fully saturated rings. The summed E-state index contributed by atoms with van der Waals surface area (Å²) in [4.78, 5) is 29.2. The van der Waals surface area contributed by atoms with Gasteiger partial charge < -0.3 is 10.6 Å². The van der Waals surface area contributed by atoms with Crippen molar-refractivity contribution in [2.75, 3.05) is 16.4 Å². The van der Waals surface area contributed by atoms with E-state index in [0.29, 0.717) is 17.1 Å². The Morgan fingerprint density at radius 1 is 1.04 bits per heavy atom. The second-order valence-electron chi connectivity index (χ2n) is 6.20. The van der Waals surface area contributed by atoms with E-state index in [1.54, 1.807) is 47.4 Å². The van der Waals surface area contributed by atoms with Crippen LogP contribution in [0.5, 0.6) is 0 Å². The monoisotopic (exact) mass is 411 g/mol. The molecule has 0 spiro atoms. The lowest BCUT2D eigenvalue weighted by Gasteiger charge is -2.07. The maximum atomic E-state index is 12.2. The van der Waals surface area contributed by atoms with Gasteiger partial charge in [0.25, 0.3) is 0 Å². The molecule has 0 unspecified atom stereocenters. The number of nitrogens with one attached hydrogen (secondary N) is 2. The molecule has 0 aliphatic heterocycles. The molecule has 0 radical (unpaired) electrons. The van der Waals surface area contributed by atoms with Crippen molar-refractivity contribution < 1.29 is 9.59 Å².